The van der Waals surface area contributed by atoms with Crippen LogP contribution >= 0.6 is 23.2 Å². The Morgan fingerprint density at radius 3 is 1.92 bits per heavy atom. The highest BCUT2D eigenvalue weighted by Gasteiger charge is 2.46. The number of carbonyl (C=O) groups excluding carboxylic acids is 1. The molecule has 0 aromatic rings. The first-order valence-electron chi connectivity index (χ1n) is 4.71. The molecule has 1 amide bonds. The van der Waals surface area contributed by atoms with Crippen LogP contribution in [-0.2, 0) is 4.79 Å². The third-order valence-corrected chi connectivity index (χ3v) is 3.39. The van der Waals surface area contributed by atoms with Crippen molar-refractivity contribution in [3.05, 3.63) is 0 Å². The molecule has 0 aromatic heterocycles. The van der Waals surface area contributed by atoms with Crippen LogP contribution in [0.25, 0.3) is 0 Å². The SMILES string of the molecule is CC(Cl)(Cl)C(=O)N1C2CCC1CC2. The standard InChI is InChI=1S/C9H13Cl2NO/c1-9(10,11)8(13)12-6-2-3-7(12)5-4-6/h6-7H,2-5H2,1H3. The Morgan fingerprint density at radius 2 is 1.62 bits per heavy atom. The van der Waals surface area contributed by atoms with Crippen molar-refractivity contribution in [1.82, 2.24) is 4.90 Å². The van der Waals surface area contributed by atoms with Crippen LogP contribution in [0.3, 0.4) is 0 Å². The zero-order valence-electron chi connectivity index (χ0n) is 7.59. The Hall–Kier alpha value is 0.0500. The number of hydrogen-bond donors (Lipinski definition) is 0. The summed E-state index contributed by atoms with van der Waals surface area (Å²) in [6.45, 7) is 1.55. The molecule has 2 aliphatic rings. The first-order chi connectivity index (χ1) is 6.00. The first-order valence-corrected chi connectivity index (χ1v) is 5.46. The predicted octanol–water partition coefficient (Wildman–Crippen LogP) is 2.33. The van der Waals surface area contributed by atoms with E-state index in [1.54, 1.807) is 6.92 Å². The molecule has 2 heterocycles. The molecule has 0 aliphatic carbocycles. The molecular formula is C9H13Cl2NO. The number of rotatable bonds is 1. The monoisotopic (exact) mass is 221 g/mol. The lowest BCUT2D eigenvalue weighted by molar-refractivity contribution is -0.132. The van der Waals surface area contributed by atoms with Gasteiger partial charge in [-0.05, 0) is 32.6 Å². The van der Waals surface area contributed by atoms with Gasteiger partial charge >= 0.3 is 0 Å². The number of fused-ring (bicyclic) bond motifs is 2. The average molecular weight is 222 g/mol. The lowest BCUT2D eigenvalue weighted by atomic mass is 10.0. The van der Waals surface area contributed by atoms with Gasteiger partial charge in [-0.3, -0.25) is 4.79 Å². The van der Waals surface area contributed by atoms with E-state index >= 15 is 0 Å². The van der Waals surface area contributed by atoms with Crippen molar-refractivity contribution in [2.45, 2.75) is 49.0 Å². The van der Waals surface area contributed by atoms with Crippen molar-refractivity contribution in [1.29, 1.82) is 0 Å². The number of halogens is 2. The zero-order valence-corrected chi connectivity index (χ0v) is 9.11. The molecule has 2 rings (SSSR count). The second kappa shape index (κ2) is 3.03. The van der Waals surface area contributed by atoms with Gasteiger partial charge in [-0.15, -0.1) is 0 Å². The molecule has 2 aliphatic heterocycles. The lowest BCUT2D eigenvalue weighted by Crippen LogP contribution is -2.43. The fraction of sp³-hybridized carbons (Fsp3) is 0.889. The number of carbonyl (C=O) groups is 1. The number of amides is 1. The molecule has 2 fully saturated rings. The van der Waals surface area contributed by atoms with Crippen molar-refractivity contribution in [2.24, 2.45) is 0 Å². The first kappa shape index (κ1) is 9.60. The van der Waals surface area contributed by atoms with Gasteiger partial charge in [-0.2, -0.15) is 0 Å². The summed E-state index contributed by atoms with van der Waals surface area (Å²) in [5.41, 5.74) is 0. The van der Waals surface area contributed by atoms with Crippen molar-refractivity contribution in [3.8, 4) is 0 Å². The number of hydrogen-bond acceptors (Lipinski definition) is 1. The van der Waals surface area contributed by atoms with E-state index in [1.165, 1.54) is 0 Å². The third kappa shape index (κ3) is 1.55. The maximum Gasteiger partial charge on any atom is 0.259 e. The fourth-order valence-electron chi connectivity index (χ4n) is 2.47. The topological polar surface area (TPSA) is 20.3 Å². The van der Waals surface area contributed by atoms with Gasteiger partial charge in [0, 0.05) is 12.1 Å². The van der Waals surface area contributed by atoms with Crippen LogP contribution in [-0.4, -0.2) is 27.2 Å². The second-order valence-corrected chi connectivity index (χ2v) is 5.77. The normalized spacial score (nSPS) is 32.7. The second-order valence-electron chi connectivity index (χ2n) is 4.06. The van der Waals surface area contributed by atoms with E-state index in [0.717, 1.165) is 25.7 Å². The minimum absolute atomic E-state index is 0.110. The Balaban J connectivity index is 2.14. The zero-order chi connectivity index (χ0) is 9.64. The summed E-state index contributed by atoms with van der Waals surface area (Å²) in [7, 11) is 0. The largest absolute Gasteiger partial charge is 0.334 e. The Bertz CT molecular complexity index is 216. The van der Waals surface area contributed by atoms with Crippen LogP contribution in [0.4, 0.5) is 0 Å². The minimum Gasteiger partial charge on any atom is -0.334 e. The maximum atomic E-state index is 11.8. The number of alkyl halides is 2. The summed E-state index contributed by atoms with van der Waals surface area (Å²) in [4.78, 5) is 13.7. The Labute approximate surface area is 88.2 Å². The molecule has 4 heteroatoms. The average Bonchev–Trinajstić information content (AvgIpc) is 2.59. The molecule has 0 saturated carbocycles. The summed E-state index contributed by atoms with van der Waals surface area (Å²) >= 11 is 11.6. The molecule has 0 atom stereocenters. The van der Waals surface area contributed by atoms with Gasteiger partial charge in [0.2, 0.25) is 0 Å². The molecular weight excluding hydrogens is 209 g/mol. The summed E-state index contributed by atoms with van der Waals surface area (Å²) in [5, 5.41) is 0. The smallest absolute Gasteiger partial charge is 0.259 e. The van der Waals surface area contributed by atoms with Gasteiger partial charge in [0.05, 0.1) is 0 Å². The Morgan fingerprint density at radius 1 is 1.23 bits per heavy atom. The molecule has 0 radical (unpaired) electrons. The van der Waals surface area contributed by atoms with Gasteiger partial charge in [0.15, 0.2) is 4.33 Å². The summed E-state index contributed by atoms with van der Waals surface area (Å²) < 4.78 is -1.24. The van der Waals surface area contributed by atoms with Crippen LogP contribution < -0.4 is 0 Å². The van der Waals surface area contributed by atoms with E-state index in [2.05, 4.69) is 0 Å². The van der Waals surface area contributed by atoms with Crippen molar-refractivity contribution < 1.29 is 4.79 Å². The summed E-state index contributed by atoms with van der Waals surface area (Å²) in [5.74, 6) is -0.110. The highest BCUT2D eigenvalue weighted by molar-refractivity contribution is 6.57. The van der Waals surface area contributed by atoms with E-state index in [9.17, 15) is 4.79 Å². The molecule has 0 spiro atoms. The molecule has 0 N–H and O–H groups in total. The van der Waals surface area contributed by atoms with Crippen LogP contribution in [0.2, 0.25) is 0 Å². The minimum atomic E-state index is -1.24. The lowest BCUT2D eigenvalue weighted by Gasteiger charge is -2.26. The van der Waals surface area contributed by atoms with E-state index in [1.807, 2.05) is 4.90 Å². The van der Waals surface area contributed by atoms with E-state index in [0.29, 0.717) is 12.1 Å². The van der Waals surface area contributed by atoms with Crippen molar-refractivity contribution >= 4 is 29.1 Å². The predicted molar refractivity (Wildman–Crippen MR) is 53.0 cm³/mol. The maximum absolute atomic E-state index is 11.8. The number of nitrogens with zero attached hydrogens (tertiary/aromatic N) is 1. The van der Waals surface area contributed by atoms with Gasteiger partial charge in [0.1, 0.15) is 0 Å². The molecule has 0 aromatic carbocycles. The Kier molecular flexibility index (Phi) is 2.23. The molecule has 2 saturated heterocycles. The van der Waals surface area contributed by atoms with Gasteiger partial charge in [0.25, 0.3) is 5.91 Å². The van der Waals surface area contributed by atoms with Crippen LogP contribution in [0, 0.1) is 0 Å². The molecule has 74 valence electrons. The van der Waals surface area contributed by atoms with Crippen LogP contribution in [0.15, 0.2) is 0 Å². The fourth-order valence-corrected chi connectivity index (χ4v) is 2.67. The van der Waals surface area contributed by atoms with Gasteiger partial charge in [-0.1, -0.05) is 23.2 Å². The van der Waals surface area contributed by atoms with Gasteiger partial charge in [-0.25, -0.2) is 0 Å². The molecule has 13 heavy (non-hydrogen) atoms. The van der Waals surface area contributed by atoms with Gasteiger partial charge < -0.3 is 4.90 Å². The molecule has 2 bridgehead atoms. The van der Waals surface area contributed by atoms with E-state index < -0.39 is 4.33 Å². The van der Waals surface area contributed by atoms with Crippen LogP contribution in [0.1, 0.15) is 32.6 Å². The summed E-state index contributed by atoms with van der Waals surface area (Å²) in [6, 6.07) is 0.823. The van der Waals surface area contributed by atoms with Crippen molar-refractivity contribution in [2.75, 3.05) is 0 Å². The summed E-state index contributed by atoms with van der Waals surface area (Å²) in [6.07, 6.45) is 4.50. The highest BCUT2D eigenvalue weighted by atomic mass is 35.5. The van der Waals surface area contributed by atoms with Crippen LogP contribution in [0.5, 0.6) is 0 Å². The molecule has 2 nitrogen and oxygen atoms in total. The highest BCUT2D eigenvalue weighted by Crippen LogP contribution is 2.40. The quantitative estimate of drug-likeness (QED) is 0.623. The third-order valence-electron chi connectivity index (χ3n) is 3.06. The van der Waals surface area contributed by atoms with Crippen molar-refractivity contribution in [3.63, 3.8) is 0 Å². The molecule has 0 unspecified atom stereocenters. The van der Waals surface area contributed by atoms with E-state index in [-0.39, 0.29) is 5.91 Å². The van der Waals surface area contributed by atoms with E-state index in [4.69, 9.17) is 23.2 Å².